The standard InChI is InChI=1S/C19H19IN2O5/c1-2-11-26-19(25)13-7-9-14(10-8-13)27-12-17(23)21-22-18(24)15-5-3-4-6-16(15)20/h3-10H,2,11-12H2,1H3,(H,21,23)(H,22,24). The van der Waals surface area contributed by atoms with Gasteiger partial charge in [0.25, 0.3) is 11.8 Å². The quantitative estimate of drug-likeness (QED) is 0.360. The Morgan fingerprint density at radius 1 is 1.00 bits per heavy atom. The molecule has 0 bridgehead atoms. The summed E-state index contributed by atoms with van der Waals surface area (Å²) in [6.07, 6.45) is 0.752. The molecule has 0 spiro atoms. The lowest BCUT2D eigenvalue weighted by Crippen LogP contribution is -2.44. The summed E-state index contributed by atoms with van der Waals surface area (Å²) in [6.45, 7) is 2.00. The molecule has 0 aliphatic carbocycles. The maximum atomic E-state index is 12.0. The number of hydrogen-bond donors (Lipinski definition) is 2. The first-order chi connectivity index (χ1) is 13.0. The zero-order valence-electron chi connectivity index (χ0n) is 14.7. The Labute approximate surface area is 170 Å². The number of hydrogen-bond acceptors (Lipinski definition) is 5. The molecular formula is C19H19IN2O5. The van der Waals surface area contributed by atoms with Crippen LogP contribution in [-0.4, -0.2) is 31.0 Å². The van der Waals surface area contributed by atoms with E-state index in [1.165, 1.54) is 0 Å². The topological polar surface area (TPSA) is 93.7 Å². The second kappa shape index (κ2) is 10.5. The van der Waals surface area contributed by atoms with Gasteiger partial charge in [-0.2, -0.15) is 0 Å². The predicted octanol–water partition coefficient (Wildman–Crippen LogP) is 2.70. The second-order valence-corrected chi connectivity index (χ2v) is 6.59. The highest BCUT2D eigenvalue weighted by Crippen LogP contribution is 2.13. The first-order valence-corrected chi connectivity index (χ1v) is 9.33. The van der Waals surface area contributed by atoms with E-state index in [9.17, 15) is 14.4 Å². The van der Waals surface area contributed by atoms with E-state index < -0.39 is 17.8 Å². The van der Waals surface area contributed by atoms with Crippen molar-refractivity contribution in [1.29, 1.82) is 0 Å². The Bertz CT molecular complexity index is 808. The molecule has 0 aliphatic heterocycles. The fourth-order valence-electron chi connectivity index (χ4n) is 1.99. The predicted molar refractivity (Wildman–Crippen MR) is 107 cm³/mol. The normalized spacial score (nSPS) is 10.0. The Morgan fingerprint density at radius 3 is 2.37 bits per heavy atom. The molecule has 2 aromatic rings. The van der Waals surface area contributed by atoms with Crippen LogP contribution < -0.4 is 15.6 Å². The monoisotopic (exact) mass is 482 g/mol. The summed E-state index contributed by atoms with van der Waals surface area (Å²) < 4.78 is 11.1. The van der Waals surface area contributed by atoms with Gasteiger partial charge in [-0.1, -0.05) is 19.1 Å². The number of carbonyl (C=O) groups is 3. The molecule has 0 saturated carbocycles. The number of esters is 1. The van der Waals surface area contributed by atoms with Gasteiger partial charge < -0.3 is 9.47 Å². The Hall–Kier alpha value is -2.62. The van der Waals surface area contributed by atoms with Crippen molar-refractivity contribution in [3.63, 3.8) is 0 Å². The molecule has 8 heteroatoms. The van der Waals surface area contributed by atoms with E-state index in [4.69, 9.17) is 9.47 Å². The zero-order chi connectivity index (χ0) is 19.6. The summed E-state index contributed by atoms with van der Waals surface area (Å²) in [6, 6.07) is 13.3. The van der Waals surface area contributed by atoms with Gasteiger partial charge in [0.15, 0.2) is 6.61 Å². The molecule has 0 saturated heterocycles. The van der Waals surface area contributed by atoms with Crippen LogP contribution in [0.4, 0.5) is 0 Å². The van der Waals surface area contributed by atoms with Gasteiger partial charge >= 0.3 is 5.97 Å². The minimum Gasteiger partial charge on any atom is -0.484 e. The van der Waals surface area contributed by atoms with Crippen LogP contribution >= 0.6 is 22.6 Å². The number of amides is 2. The zero-order valence-corrected chi connectivity index (χ0v) is 16.8. The highest BCUT2D eigenvalue weighted by molar-refractivity contribution is 14.1. The van der Waals surface area contributed by atoms with Gasteiger partial charge in [-0.05, 0) is 65.4 Å². The van der Waals surface area contributed by atoms with Gasteiger partial charge in [0.05, 0.1) is 17.7 Å². The summed E-state index contributed by atoms with van der Waals surface area (Å²) in [5.74, 6) is -0.912. The van der Waals surface area contributed by atoms with E-state index in [2.05, 4.69) is 10.9 Å². The number of rotatable bonds is 7. The lowest BCUT2D eigenvalue weighted by Gasteiger charge is -2.10. The Morgan fingerprint density at radius 2 is 1.70 bits per heavy atom. The van der Waals surface area contributed by atoms with Gasteiger partial charge in [-0.3, -0.25) is 20.4 Å². The number of carbonyl (C=O) groups excluding carboxylic acids is 3. The molecule has 27 heavy (non-hydrogen) atoms. The molecule has 2 amide bonds. The highest BCUT2D eigenvalue weighted by Gasteiger charge is 2.11. The average Bonchev–Trinajstić information content (AvgIpc) is 2.69. The van der Waals surface area contributed by atoms with E-state index in [0.29, 0.717) is 23.5 Å². The average molecular weight is 482 g/mol. The van der Waals surface area contributed by atoms with Crippen molar-refractivity contribution in [2.75, 3.05) is 13.2 Å². The maximum absolute atomic E-state index is 12.0. The van der Waals surface area contributed by atoms with Crippen molar-refractivity contribution in [3.05, 3.63) is 63.2 Å². The van der Waals surface area contributed by atoms with E-state index in [1.54, 1.807) is 42.5 Å². The molecule has 2 N–H and O–H groups in total. The summed E-state index contributed by atoms with van der Waals surface area (Å²) in [5, 5.41) is 0. The van der Waals surface area contributed by atoms with Crippen molar-refractivity contribution in [1.82, 2.24) is 10.9 Å². The number of halogens is 1. The molecule has 0 aromatic heterocycles. The molecule has 0 aliphatic rings. The van der Waals surface area contributed by atoms with Gasteiger partial charge in [0.2, 0.25) is 0 Å². The van der Waals surface area contributed by atoms with Crippen molar-refractivity contribution >= 4 is 40.4 Å². The van der Waals surface area contributed by atoms with Gasteiger partial charge in [-0.25, -0.2) is 4.79 Å². The first kappa shape index (κ1) is 20.7. The van der Waals surface area contributed by atoms with Crippen LogP contribution in [0.25, 0.3) is 0 Å². The van der Waals surface area contributed by atoms with E-state index in [-0.39, 0.29) is 6.61 Å². The Balaban J connectivity index is 1.77. The molecule has 0 unspecified atom stereocenters. The molecule has 142 valence electrons. The maximum Gasteiger partial charge on any atom is 0.338 e. The summed E-state index contributed by atoms with van der Waals surface area (Å²) in [4.78, 5) is 35.5. The van der Waals surface area contributed by atoms with E-state index in [0.717, 1.165) is 9.99 Å². The van der Waals surface area contributed by atoms with Crippen LogP contribution in [0.3, 0.4) is 0 Å². The summed E-state index contributed by atoms with van der Waals surface area (Å²) in [5.41, 5.74) is 5.50. The summed E-state index contributed by atoms with van der Waals surface area (Å²) in [7, 11) is 0. The third-order valence-corrected chi connectivity index (χ3v) is 4.27. The van der Waals surface area contributed by atoms with Crippen molar-refractivity contribution < 1.29 is 23.9 Å². The fourth-order valence-corrected chi connectivity index (χ4v) is 2.62. The lowest BCUT2D eigenvalue weighted by atomic mass is 10.2. The van der Waals surface area contributed by atoms with Crippen LogP contribution in [0.2, 0.25) is 0 Å². The van der Waals surface area contributed by atoms with Crippen LogP contribution in [0.1, 0.15) is 34.1 Å². The van der Waals surface area contributed by atoms with Crippen LogP contribution in [0, 0.1) is 3.57 Å². The van der Waals surface area contributed by atoms with Crippen LogP contribution in [0.15, 0.2) is 48.5 Å². The third-order valence-electron chi connectivity index (χ3n) is 3.33. The fraction of sp³-hybridized carbons (Fsp3) is 0.211. The van der Waals surface area contributed by atoms with Gasteiger partial charge in [0.1, 0.15) is 5.75 Å². The molecule has 0 fully saturated rings. The molecule has 7 nitrogen and oxygen atoms in total. The van der Waals surface area contributed by atoms with Gasteiger partial charge in [-0.15, -0.1) is 0 Å². The lowest BCUT2D eigenvalue weighted by molar-refractivity contribution is -0.123. The van der Waals surface area contributed by atoms with Crippen LogP contribution in [-0.2, 0) is 9.53 Å². The molecular weight excluding hydrogens is 463 g/mol. The second-order valence-electron chi connectivity index (χ2n) is 5.43. The van der Waals surface area contributed by atoms with Crippen molar-refractivity contribution in [3.8, 4) is 5.75 Å². The first-order valence-electron chi connectivity index (χ1n) is 8.25. The number of hydrazine groups is 1. The molecule has 0 radical (unpaired) electrons. The SMILES string of the molecule is CCCOC(=O)c1ccc(OCC(=O)NNC(=O)c2ccccc2I)cc1. The molecule has 0 heterocycles. The Kier molecular flexibility index (Phi) is 8.05. The van der Waals surface area contributed by atoms with Gasteiger partial charge in [0, 0.05) is 3.57 Å². The number of ether oxygens (including phenoxy) is 2. The van der Waals surface area contributed by atoms with Crippen molar-refractivity contribution in [2.24, 2.45) is 0 Å². The largest absolute Gasteiger partial charge is 0.484 e. The van der Waals surface area contributed by atoms with E-state index in [1.807, 2.05) is 35.6 Å². The smallest absolute Gasteiger partial charge is 0.338 e. The number of nitrogens with one attached hydrogen (secondary N) is 2. The third kappa shape index (κ3) is 6.55. The van der Waals surface area contributed by atoms with E-state index >= 15 is 0 Å². The molecule has 0 atom stereocenters. The molecule has 2 aromatic carbocycles. The van der Waals surface area contributed by atoms with Crippen molar-refractivity contribution in [2.45, 2.75) is 13.3 Å². The number of benzene rings is 2. The molecule has 2 rings (SSSR count). The minimum atomic E-state index is -0.513. The highest BCUT2D eigenvalue weighted by atomic mass is 127. The minimum absolute atomic E-state index is 0.286. The van der Waals surface area contributed by atoms with Crippen LogP contribution in [0.5, 0.6) is 5.75 Å². The summed E-state index contributed by atoms with van der Waals surface area (Å²) >= 11 is 2.04.